The molecular weight excluding hydrogens is 588 g/mol. The molecule has 2 aromatic carbocycles. The number of carbonyl (C=O) groups excluding carboxylic acids is 4. The van der Waals surface area contributed by atoms with Gasteiger partial charge in [0.1, 0.15) is 24.4 Å². The van der Waals surface area contributed by atoms with Crippen molar-refractivity contribution in [1.82, 2.24) is 26.2 Å². The van der Waals surface area contributed by atoms with Gasteiger partial charge in [0.2, 0.25) is 23.6 Å². The molecule has 0 saturated carbocycles. The first-order valence-electron chi connectivity index (χ1n) is 16.0. The standard InChI is InChI=1S/C33H50N8O5/c1-2-3-15-26(30(43)40-28(22-37-33(35)36)32(45)41-16-10-18-46-19-17-41)38-31(44)27(21-24-13-8-5-9-14-24)39-29(42)25(34)20-23-11-6-4-7-12-23/h4-9,11-14,25-28,33,37H,2-3,10,15-22,34-36H2,1H3,(H,38,44)(H,39,42)(H,40,43)/t25-,26-,27-,28-/m1/s1. The Balaban J connectivity index is 1.76. The maximum absolute atomic E-state index is 13.8. The molecule has 0 aromatic heterocycles. The minimum absolute atomic E-state index is 0.0000334. The molecule has 3 rings (SSSR count). The van der Waals surface area contributed by atoms with E-state index in [0.717, 1.165) is 17.5 Å². The predicted molar refractivity (Wildman–Crippen MR) is 176 cm³/mol. The van der Waals surface area contributed by atoms with E-state index in [1.165, 1.54) is 0 Å². The molecule has 0 aliphatic carbocycles. The molecule has 1 heterocycles. The van der Waals surface area contributed by atoms with Gasteiger partial charge in [0.05, 0.1) is 12.6 Å². The number of hydrogen-bond acceptors (Lipinski definition) is 9. The first kappa shape index (κ1) is 36.6. The van der Waals surface area contributed by atoms with Crippen LogP contribution in [0, 0.1) is 0 Å². The second kappa shape index (κ2) is 19.6. The van der Waals surface area contributed by atoms with Crippen LogP contribution in [-0.4, -0.2) is 91.8 Å². The van der Waals surface area contributed by atoms with Crippen LogP contribution in [0.2, 0.25) is 0 Å². The van der Waals surface area contributed by atoms with Gasteiger partial charge in [-0.2, -0.15) is 0 Å². The van der Waals surface area contributed by atoms with E-state index in [0.29, 0.717) is 52.0 Å². The number of amides is 4. The third-order valence-electron chi connectivity index (χ3n) is 7.74. The zero-order chi connectivity index (χ0) is 33.3. The van der Waals surface area contributed by atoms with Crippen LogP contribution in [0.1, 0.15) is 43.7 Å². The summed E-state index contributed by atoms with van der Waals surface area (Å²) in [5.41, 5.74) is 19.3. The summed E-state index contributed by atoms with van der Waals surface area (Å²) in [6.07, 6.45) is 2.01. The van der Waals surface area contributed by atoms with Crippen LogP contribution >= 0.6 is 0 Å². The fourth-order valence-electron chi connectivity index (χ4n) is 5.16. The molecule has 2 aromatic rings. The van der Waals surface area contributed by atoms with Gasteiger partial charge in [-0.1, -0.05) is 80.4 Å². The number of ether oxygens (including phenoxy) is 1. The highest BCUT2D eigenvalue weighted by atomic mass is 16.5. The Hall–Kier alpha value is -3.88. The van der Waals surface area contributed by atoms with Gasteiger partial charge < -0.3 is 42.8 Å². The summed E-state index contributed by atoms with van der Waals surface area (Å²) in [6, 6.07) is 14.8. The Morgan fingerprint density at radius 3 is 1.98 bits per heavy atom. The lowest BCUT2D eigenvalue weighted by atomic mass is 10.0. The van der Waals surface area contributed by atoms with E-state index in [9.17, 15) is 19.2 Å². The van der Waals surface area contributed by atoms with Crippen LogP contribution in [0.4, 0.5) is 0 Å². The molecule has 10 N–H and O–H groups in total. The van der Waals surface area contributed by atoms with Crippen LogP contribution in [0.3, 0.4) is 0 Å². The Labute approximate surface area is 271 Å². The monoisotopic (exact) mass is 638 g/mol. The normalized spacial score (nSPS) is 16.1. The largest absolute Gasteiger partial charge is 0.380 e. The van der Waals surface area contributed by atoms with Crippen molar-refractivity contribution in [2.45, 2.75) is 75.9 Å². The van der Waals surface area contributed by atoms with Gasteiger partial charge in [0.15, 0.2) is 0 Å². The van der Waals surface area contributed by atoms with Gasteiger partial charge in [-0.25, -0.2) is 0 Å². The van der Waals surface area contributed by atoms with E-state index in [1.807, 2.05) is 67.6 Å². The summed E-state index contributed by atoms with van der Waals surface area (Å²) >= 11 is 0. The topological polar surface area (TPSA) is 207 Å². The van der Waals surface area contributed by atoms with Crippen LogP contribution in [-0.2, 0) is 36.8 Å². The van der Waals surface area contributed by atoms with Gasteiger partial charge in [0.25, 0.3) is 0 Å². The average Bonchev–Trinajstić information content (AvgIpc) is 3.35. The Morgan fingerprint density at radius 2 is 1.35 bits per heavy atom. The summed E-state index contributed by atoms with van der Waals surface area (Å²) < 4.78 is 5.47. The summed E-state index contributed by atoms with van der Waals surface area (Å²) in [6.45, 7) is 3.81. The number of carbonyl (C=O) groups is 4. The zero-order valence-electron chi connectivity index (χ0n) is 26.7. The van der Waals surface area contributed by atoms with Crippen molar-refractivity contribution >= 4 is 23.6 Å². The molecule has 1 aliphatic rings. The molecule has 13 heteroatoms. The third kappa shape index (κ3) is 12.5. The van der Waals surface area contributed by atoms with Crippen LogP contribution in [0.5, 0.6) is 0 Å². The van der Waals surface area contributed by atoms with Gasteiger partial charge in [0, 0.05) is 32.7 Å². The molecule has 0 unspecified atom stereocenters. The lowest BCUT2D eigenvalue weighted by Gasteiger charge is -2.29. The first-order valence-corrected chi connectivity index (χ1v) is 16.0. The molecule has 46 heavy (non-hydrogen) atoms. The van der Waals surface area contributed by atoms with E-state index >= 15 is 0 Å². The smallest absolute Gasteiger partial charge is 0.246 e. The predicted octanol–water partition coefficient (Wildman–Crippen LogP) is -0.517. The van der Waals surface area contributed by atoms with E-state index in [2.05, 4.69) is 21.3 Å². The number of nitrogens with one attached hydrogen (secondary N) is 4. The zero-order valence-corrected chi connectivity index (χ0v) is 26.7. The SMILES string of the molecule is CCCC[C@@H](NC(=O)[C@@H](Cc1ccccc1)NC(=O)[C@H](N)Cc1ccccc1)C(=O)N[C@H](CNC(N)N)C(=O)N1CCCOCC1. The highest BCUT2D eigenvalue weighted by Gasteiger charge is 2.32. The number of unbranched alkanes of at least 4 members (excludes halogenated alkanes) is 1. The van der Waals surface area contributed by atoms with Crippen molar-refractivity contribution in [3.63, 3.8) is 0 Å². The minimum Gasteiger partial charge on any atom is -0.380 e. The van der Waals surface area contributed by atoms with Gasteiger partial charge in [-0.15, -0.1) is 0 Å². The highest BCUT2D eigenvalue weighted by Crippen LogP contribution is 2.09. The van der Waals surface area contributed by atoms with E-state index in [-0.39, 0.29) is 18.9 Å². The molecular formula is C33H50N8O5. The molecule has 252 valence electrons. The minimum atomic E-state index is -1.000. The van der Waals surface area contributed by atoms with Crippen LogP contribution < -0.4 is 38.5 Å². The number of hydrogen-bond donors (Lipinski definition) is 7. The molecule has 0 spiro atoms. The van der Waals surface area contributed by atoms with Crippen molar-refractivity contribution in [1.29, 1.82) is 0 Å². The first-order chi connectivity index (χ1) is 22.2. The number of benzene rings is 2. The number of rotatable bonds is 17. The Morgan fingerprint density at radius 1 is 0.761 bits per heavy atom. The van der Waals surface area contributed by atoms with Crippen molar-refractivity contribution in [2.75, 3.05) is 32.8 Å². The summed E-state index contributed by atoms with van der Waals surface area (Å²) in [5.74, 6) is -1.83. The quantitative estimate of drug-likeness (QED) is 0.111. The highest BCUT2D eigenvalue weighted by molar-refractivity contribution is 5.95. The molecule has 1 saturated heterocycles. The lowest BCUT2D eigenvalue weighted by Crippen LogP contribution is -2.61. The summed E-state index contributed by atoms with van der Waals surface area (Å²) in [4.78, 5) is 55.8. The summed E-state index contributed by atoms with van der Waals surface area (Å²) in [5, 5.41) is 11.3. The van der Waals surface area contributed by atoms with E-state index < -0.39 is 48.2 Å². The molecule has 0 radical (unpaired) electrons. The van der Waals surface area contributed by atoms with E-state index in [1.54, 1.807) is 4.90 Å². The summed E-state index contributed by atoms with van der Waals surface area (Å²) in [7, 11) is 0. The van der Waals surface area contributed by atoms with Crippen molar-refractivity contribution in [2.24, 2.45) is 17.2 Å². The Kier molecular flexibility index (Phi) is 15.6. The molecule has 4 amide bonds. The fourth-order valence-corrected chi connectivity index (χ4v) is 5.16. The molecule has 1 fully saturated rings. The van der Waals surface area contributed by atoms with Gasteiger partial charge >= 0.3 is 0 Å². The second-order valence-electron chi connectivity index (χ2n) is 11.5. The van der Waals surface area contributed by atoms with Crippen molar-refractivity contribution in [3.8, 4) is 0 Å². The molecule has 4 atom stereocenters. The Bertz CT molecular complexity index is 1230. The fraction of sp³-hybridized carbons (Fsp3) is 0.515. The van der Waals surface area contributed by atoms with Gasteiger partial charge in [-0.05, 0) is 30.4 Å². The second-order valence-corrected chi connectivity index (χ2v) is 11.5. The average molecular weight is 639 g/mol. The van der Waals surface area contributed by atoms with E-state index in [4.69, 9.17) is 21.9 Å². The van der Waals surface area contributed by atoms with Crippen molar-refractivity contribution < 1.29 is 23.9 Å². The molecule has 13 nitrogen and oxygen atoms in total. The van der Waals surface area contributed by atoms with Crippen LogP contribution in [0.15, 0.2) is 60.7 Å². The molecule has 1 aliphatic heterocycles. The lowest BCUT2D eigenvalue weighted by molar-refractivity contribution is -0.137. The maximum atomic E-state index is 13.8. The van der Waals surface area contributed by atoms with Gasteiger partial charge in [-0.3, -0.25) is 24.5 Å². The maximum Gasteiger partial charge on any atom is 0.246 e. The number of nitrogens with two attached hydrogens (primary N) is 3. The third-order valence-corrected chi connectivity index (χ3v) is 7.74. The van der Waals surface area contributed by atoms with Crippen molar-refractivity contribution in [3.05, 3.63) is 71.8 Å². The molecule has 0 bridgehead atoms. The number of nitrogens with zero attached hydrogens (tertiary/aromatic N) is 1. The van der Waals surface area contributed by atoms with Crippen LogP contribution in [0.25, 0.3) is 0 Å².